The maximum absolute atomic E-state index is 5.61. The Morgan fingerprint density at radius 1 is 1.15 bits per heavy atom. The van der Waals surface area contributed by atoms with E-state index >= 15 is 0 Å². The Balaban J connectivity index is 2.59. The third kappa shape index (κ3) is 5.74. The van der Waals surface area contributed by atoms with Crippen molar-refractivity contribution in [1.29, 1.82) is 0 Å². The summed E-state index contributed by atoms with van der Waals surface area (Å²) in [5.41, 5.74) is 0. The van der Waals surface area contributed by atoms with E-state index in [1.165, 1.54) is 0 Å². The van der Waals surface area contributed by atoms with E-state index in [2.05, 4.69) is 47.9 Å². The average Bonchev–Trinajstić information content (AvgIpc) is 2.49. The highest BCUT2D eigenvalue weighted by Crippen LogP contribution is 2.14. The van der Waals surface area contributed by atoms with Crippen LogP contribution in [0.4, 0.5) is 5.82 Å². The van der Waals surface area contributed by atoms with E-state index in [0.717, 1.165) is 50.7 Å². The van der Waals surface area contributed by atoms with Crippen LogP contribution in [0.2, 0.25) is 0 Å². The fourth-order valence-corrected chi connectivity index (χ4v) is 1.88. The van der Waals surface area contributed by atoms with E-state index in [0.29, 0.717) is 12.5 Å². The minimum atomic E-state index is 0.670. The Labute approximate surface area is 122 Å². The van der Waals surface area contributed by atoms with Crippen LogP contribution in [0.3, 0.4) is 0 Å². The molecule has 20 heavy (non-hydrogen) atoms. The van der Waals surface area contributed by atoms with Gasteiger partial charge in [0.05, 0.1) is 6.61 Å². The molecule has 1 heterocycles. The summed E-state index contributed by atoms with van der Waals surface area (Å²) in [7, 11) is 0. The highest BCUT2D eigenvalue weighted by atomic mass is 16.5. The van der Waals surface area contributed by atoms with Crippen molar-refractivity contribution in [3.05, 3.63) is 11.9 Å². The lowest BCUT2D eigenvalue weighted by molar-refractivity contribution is 0.303. The molecule has 0 aliphatic heterocycles. The maximum atomic E-state index is 5.61. The molecule has 1 aromatic heterocycles. The summed E-state index contributed by atoms with van der Waals surface area (Å²) in [6.07, 6.45) is 1.80. The zero-order valence-corrected chi connectivity index (χ0v) is 13.3. The number of ether oxygens (including phenoxy) is 1. The molecule has 0 radical (unpaired) electrons. The highest BCUT2D eigenvalue weighted by molar-refractivity contribution is 5.38. The second-order valence-electron chi connectivity index (χ2n) is 4.66. The molecule has 5 nitrogen and oxygen atoms in total. The van der Waals surface area contributed by atoms with Gasteiger partial charge in [0.15, 0.2) is 0 Å². The number of likely N-dealkylation sites (N-methyl/N-ethyl adjacent to an activating group) is 1. The Morgan fingerprint density at radius 3 is 2.50 bits per heavy atom. The standard InChI is InChI=1S/C15H28N4O/c1-5-11-20-15-12-14(17-13(6-2)18-15)16-9-10-19(7-3)8-4/h12H,5-11H2,1-4H3,(H,16,17,18). The molecule has 0 fully saturated rings. The molecule has 1 rings (SSSR count). The zero-order valence-electron chi connectivity index (χ0n) is 13.3. The number of hydrogen-bond acceptors (Lipinski definition) is 5. The number of anilines is 1. The van der Waals surface area contributed by atoms with Crippen LogP contribution in [0.1, 0.15) is 39.9 Å². The molecule has 0 saturated heterocycles. The molecule has 1 N–H and O–H groups in total. The van der Waals surface area contributed by atoms with E-state index in [4.69, 9.17) is 4.74 Å². The Morgan fingerprint density at radius 2 is 1.90 bits per heavy atom. The van der Waals surface area contributed by atoms with Crippen LogP contribution in [0, 0.1) is 0 Å². The number of hydrogen-bond donors (Lipinski definition) is 1. The van der Waals surface area contributed by atoms with Gasteiger partial charge in [-0.2, -0.15) is 4.98 Å². The first-order chi connectivity index (χ1) is 9.73. The monoisotopic (exact) mass is 280 g/mol. The van der Waals surface area contributed by atoms with Gasteiger partial charge in [-0.25, -0.2) is 4.98 Å². The van der Waals surface area contributed by atoms with E-state index in [1.807, 2.05) is 6.07 Å². The molecule has 114 valence electrons. The number of aromatic nitrogens is 2. The van der Waals surface area contributed by atoms with Crippen molar-refractivity contribution < 1.29 is 4.74 Å². The van der Waals surface area contributed by atoms with Gasteiger partial charge in [0.25, 0.3) is 0 Å². The smallest absolute Gasteiger partial charge is 0.218 e. The fourth-order valence-electron chi connectivity index (χ4n) is 1.88. The second-order valence-corrected chi connectivity index (χ2v) is 4.66. The first kappa shape index (κ1) is 16.7. The van der Waals surface area contributed by atoms with Crippen molar-refractivity contribution in [1.82, 2.24) is 14.9 Å². The lowest BCUT2D eigenvalue weighted by atomic mass is 10.4. The van der Waals surface area contributed by atoms with E-state index < -0.39 is 0 Å². The van der Waals surface area contributed by atoms with E-state index in [-0.39, 0.29) is 0 Å². The first-order valence-corrected chi connectivity index (χ1v) is 7.70. The zero-order chi connectivity index (χ0) is 14.8. The van der Waals surface area contributed by atoms with Gasteiger partial charge in [-0.1, -0.05) is 27.7 Å². The molecule has 0 aliphatic rings. The highest BCUT2D eigenvalue weighted by Gasteiger charge is 2.05. The Bertz CT molecular complexity index is 380. The Hall–Kier alpha value is -1.36. The molecular weight excluding hydrogens is 252 g/mol. The lowest BCUT2D eigenvalue weighted by Gasteiger charge is -2.18. The van der Waals surface area contributed by atoms with Crippen molar-refractivity contribution in [2.45, 2.75) is 40.5 Å². The summed E-state index contributed by atoms with van der Waals surface area (Å²) in [6.45, 7) is 13.3. The molecular formula is C15H28N4O. The molecule has 5 heteroatoms. The van der Waals surface area contributed by atoms with Crippen LogP contribution >= 0.6 is 0 Å². The van der Waals surface area contributed by atoms with Gasteiger partial charge in [0, 0.05) is 25.6 Å². The van der Waals surface area contributed by atoms with Gasteiger partial charge < -0.3 is 15.0 Å². The summed E-state index contributed by atoms with van der Waals surface area (Å²) in [6, 6.07) is 1.89. The van der Waals surface area contributed by atoms with Gasteiger partial charge in [-0.3, -0.25) is 0 Å². The number of nitrogens with one attached hydrogen (secondary N) is 1. The summed E-state index contributed by atoms with van der Waals surface area (Å²) in [5, 5.41) is 3.36. The third-order valence-corrected chi connectivity index (χ3v) is 3.15. The fraction of sp³-hybridized carbons (Fsp3) is 0.733. The van der Waals surface area contributed by atoms with Crippen LogP contribution < -0.4 is 10.1 Å². The molecule has 0 aliphatic carbocycles. The van der Waals surface area contributed by atoms with Crippen LogP contribution in [0.15, 0.2) is 6.07 Å². The summed E-state index contributed by atoms with van der Waals surface area (Å²) >= 11 is 0. The van der Waals surface area contributed by atoms with Gasteiger partial charge in [-0.05, 0) is 19.5 Å². The van der Waals surface area contributed by atoms with Gasteiger partial charge in [0.2, 0.25) is 5.88 Å². The summed E-state index contributed by atoms with van der Waals surface area (Å²) in [5.74, 6) is 2.35. The largest absolute Gasteiger partial charge is 0.478 e. The molecule has 0 atom stereocenters. The van der Waals surface area contributed by atoms with Gasteiger partial charge >= 0.3 is 0 Å². The van der Waals surface area contributed by atoms with Crippen LogP contribution in [-0.4, -0.2) is 47.7 Å². The van der Waals surface area contributed by atoms with Crippen LogP contribution in [-0.2, 0) is 6.42 Å². The van der Waals surface area contributed by atoms with Crippen molar-refractivity contribution in [2.24, 2.45) is 0 Å². The summed E-state index contributed by atoms with van der Waals surface area (Å²) < 4.78 is 5.61. The predicted molar refractivity (Wildman–Crippen MR) is 83.5 cm³/mol. The van der Waals surface area contributed by atoms with Crippen LogP contribution in [0.25, 0.3) is 0 Å². The van der Waals surface area contributed by atoms with Crippen molar-refractivity contribution in [2.75, 3.05) is 38.1 Å². The van der Waals surface area contributed by atoms with Crippen molar-refractivity contribution in [3.63, 3.8) is 0 Å². The number of aryl methyl sites for hydroxylation is 1. The maximum Gasteiger partial charge on any atom is 0.218 e. The topological polar surface area (TPSA) is 50.3 Å². The number of nitrogens with zero attached hydrogens (tertiary/aromatic N) is 3. The molecule has 0 bridgehead atoms. The van der Waals surface area contributed by atoms with Gasteiger partial charge in [0.1, 0.15) is 11.6 Å². The van der Waals surface area contributed by atoms with E-state index in [9.17, 15) is 0 Å². The minimum absolute atomic E-state index is 0.670. The molecule has 0 spiro atoms. The molecule has 0 aromatic carbocycles. The quantitative estimate of drug-likeness (QED) is 0.714. The molecule has 0 saturated carbocycles. The second kappa shape index (κ2) is 9.53. The van der Waals surface area contributed by atoms with Crippen LogP contribution in [0.5, 0.6) is 5.88 Å². The van der Waals surface area contributed by atoms with Crippen molar-refractivity contribution in [3.8, 4) is 5.88 Å². The summed E-state index contributed by atoms with van der Waals surface area (Å²) in [4.78, 5) is 11.2. The molecule has 0 unspecified atom stereocenters. The SMILES string of the molecule is CCCOc1cc(NCCN(CC)CC)nc(CC)n1. The normalized spacial score (nSPS) is 10.8. The number of rotatable bonds is 10. The van der Waals surface area contributed by atoms with E-state index in [1.54, 1.807) is 0 Å². The molecule has 1 aromatic rings. The van der Waals surface area contributed by atoms with Crippen molar-refractivity contribution >= 4 is 5.82 Å². The Kier molecular flexibility index (Phi) is 7.95. The minimum Gasteiger partial charge on any atom is -0.478 e. The van der Waals surface area contributed by atoms with Gasteiger partial charge in [-0.15, -0.1) is 0 Å². The lowest BCUT2D eigenvalue weighted by Crippen LogP contribution is -2.28. The third-order valence-electron chi connectivity index (χ3n) is 3.15. The predicted octanol–water partition coefficient (Wildman–Crippen LogP) is 2.58. The average molecular weight is 280 g/mol. The molecule has 0 amide bonds. The first-order valence-electron chi connectivity index (χ1n) is 7.70.